The van der Waals surface area contributed by atoms with Gasteiger partial charge in [-0.2, -0.15) is 0 Å². The van der Waals surface area contributed by atoms with E-state index in [2.05, 4.69) is 31.9 Å². The van der Waals surface area contributed by atoms with Gasteiger partial charge in [-0.3, -0.25) is 0 Å². The Labute approximate surface area is 116 Å². The summed E-state index contributed by atoms with van der Waals surface area (Å²) in [6.07, 6.45) is -0.814. The van der Waals surface area contributed by atoms with Crippen molar-refractivity contribution < 1.29 is 9.50 Å². The van der Waals surface area contributed by atoms with Crippen LogP contribution in [0, 0.1) is 5.82 Å². The Morgan fingerprint density at radius 2 is 1.53 bits per heavy atom. The molecule has 0 saturated heterocycles. The van der Waals surface area contributed by atoms with Crippen LogP contribution in [0.5, 0.6) is 0 Å². The number of rotatable bonds is 2. The van der Waals surface area contributed by atoms with Gasteiger partial charge in [-0.1, -0.05) is 34.1 Å². The molecule has 0 saturated carbocycles. The maximum atomic E-state index is 13.4. The fraction of sp³-hybridized carbons (Fsp3) is 0.0769. The maximum absolute atomic E-state index is 13.4. The van der Waals surface area contributed by atoms with Crippen molar-refractivity contribution in [3.05, 3.63) is 68.4 Å². The predicted octanol–water partition coefficient (Wildman–Crippen LogP) is 4.43. The van der Waals surface area contributed by atoms with Gasteiger partial charge in [0.25, 0.3) is 0 Å². The highest BCUT2D eigenvalue weighted by Gasteiger charge is 2.12. The van der Waals surface area contributed by atoms with E-state index in [1.54, 1.807) is 24.3 Å². The van der Waals surface area contributed by atoms with E-state index in [-0.39, 0.29) is 5.82 Å². The van der Waals surface area contributed by atoms with E-state index in [9.17, 15) is 9.50 Å². The lowest BCUT2D eigenvalue weighted by molar-refractivity contribution is 0.220. The second-order valence-corrected chi connectivity index (χ2v) is 5.40. The third-order valence-electron chi connectivity index (χ3n) is 2.45. The number of hydrogen-bond donors (Lipinski definition) is 1. The SMILES string of the molecule is OC(c1ccc(Br)cc1)c1ccc(Br)c(F)c1. The van der Waals surface area contributed by atoms with Gasteiger partial charge in [0.1, 0.15) is 11.9 Å². The summed E-state index contributed by atoms with van der Waals surface area (Å²) in [5.41, 5.74) is 1.27. The Balaban J connectivity index is 2.33. The van der Waals surface area contributed by atoms with Crippen molar-refractivity contribution in [2.45, 2.75) is 6.10 Å². The van der Waals surface area contributed by atoms with Crippen molar-refractivity contribution >= 4 is 31.9 Å². The summed E-state index contributed by atoms with van der Waals surface area (Å²) in [5, 5.41) is 10.1. The van der Waals surface area contributed by atoms with Crippen LogP contribution in [0.3, 0.4) is 0 Å². The van der Waals surface area contributed by atoms with Crippen molar-refractivity contribution in [3.8, 4) is 0 Å². The minimum Gasteiger partial charge on any atom is -0.384 e. The van der Waals surface area contributed by atoms with Crippen LogP contribution in [0.25, 0.3) is 0 Å². The minimum atomic E-state index is -0.814. The summed E-state index contributed by atoms with van der Waals surface area (Å²) in [7, 11) is 0. The van der Waals surface area contributed by atoms with Gasteiger partial charge in [0.15, 0.2) is 0 Å². The summed E-state index contributed by atoms with van der Waals surface area (Å²) in [6, 6.07) is 11.9. The first-order valence-corrected chi connectivity index (χ1v) is 6.55. The average molecular weight is 360 g/mol. The van der Waals surface area contributed by atoms with Crippen LogP contribution >= 0.6 is 31.9 Å². The van der Waals surface area contributed by atoms with Gasteiger partial charge >= 0.3 is 0 Å². The molecule has 1 atom stereocenters. The third kappa shape index (κ3) is 2.94. The Kier molecular flexibility index (Phi) is 3.97. The molecule has 2 aromatic rings. The number of halogens is 3. The van der Waals surface area contributed by atoms with Crippen LogP contribution < -0.4 is 0 Å². The summed E-state index contributed by atoms with van der Waals surface area (Å²) < 4.78 is 14.7. The minimum absolute atomic E-state index is 0.376. The molecule has 0 aromatic heterocycles. The van der Waals surface area contributed by atoms with Gasteiger partial charge in [0.2, 0.25) is 0 Å². The predicted molar refractivity (Wildman–Crippen MR) is 72.3 cm³/mol. The van der Waals surface area contributed by atoms with E-state index in [4.69, 9.17) is 0 Å². The van der Waals surface area contributed by atoms with E-state index >= 15 is 0 Å². The summed E-state index contributed by atoms with van der Waals surface area (Å²) in [5.74, 6) is -0.376. The van der Waals surface area contributed by atoms with Gasteiger partial charge in [-0.25, -0.2) is 4.39 Å². The van der Waals surface area contributed by atoms with Crippen LogP contribution in [0.15, 0.2) is 51.4 Å². The zero-order chi connectivity index (χ0) is 12.4. The molecule has 1 nitrogen and oxygen atoms in total. The summed E-state index contributed by atoms with van der Waals surface area (Å²) >= 11 is 6.41. The first kappa shape index (κ1) is 12.7. The fourth-order valence-electron chi connectivity index (χ4n) is 1.52. The lowest BCUT2D eigenvalue weighted by Crippen LogP contribution is -2.00. The standard InChI is InChI=1S/C13H9Br2FO/c14-10-4-1-8(2-5-10)13(17)9-3-6-11(15)12(16)7-9/h1-7,13,17H. The molecule has 0 spiro atoms. The van der Waals surface area contributed by atoms with Crippen molar-refractivity contribution in [1.29, 1.82) is 0 Å². The van der Waals surface area contributed by atoms with Crippen molar-refractivity contribution in [3.63, 3.8) is 0 Å². The first-order chi connectivity index (χ1) is 8.08. The molecular formula is C13H9Br2FO. The molecule has 88 valence electrons. The third-order valence-corrected chi connectivity index (χ3v) is 3.62. The van der Waals surface area contributed by atoms with Crippen LogP contribution in [-0.4, -0.2) is 5.11 Å². The van der Waals surface area contributed by atoms with Gasteiger partial charge in [-0.05, 0) is 51.3 Å². The van der Waals surface area contributed by atoms with E-state index in [1.165, 1.54) is 6.07 Å². The second-order valence-electron chi connectivity index (χ2n) is 3.63. The highest BCUT2D eigenvalue weighted by atomic mass is 79.9. The van der Waals surface area contributed by atoms with Gasteiger partial charge in [-0.15, -0.1) is 0 Å². The summed E-state index contributed by atoms with van der Waals surface area (Å²) in [6.45, 7) is 0. The zero-order valence-electron chi connectivity index (χ0n) is 8.70. The maximum Gasteiger partial charge on any atom is 0.137 e. The van der Waals surface area contributed by atoms with Gasteiger partial charge < -0.3 is 5.11 Å². The Bertz CT molecular complexity index is 525. The molecule has 0 amide bonds. The first-order valence-electron chi connectivity index (χ1n) is 4.96. The normalized spacial score (nSPS) is 12.5. The monoisotopic (exact) mass is 358 g/mol. The number of aliphatic hydroxyl groups is 1. The van der Waals surface area contributed by atoms with Crippen molar-refractivity contribution in [1.82, 2.24) is 0 Å². The molecule has 0 fully saturated rings. The average Bonchev–Trinajstić information content (AvgIpc) is 2.33. The van der Waals surface area contributed by atoms with Crippen LogP contribution in [-0.2, 0) is 0 Å². The van der Waals surface area contributed by atoms with Crippen molar-refractivity contribution in [2.24, 2.45) is 0 Å². The molecule has 4 heteroatoms. The zero-order valence-corrected chi connectivity index (χ0v) is 11.9. The number of benzene rings is 2. The molecule has 0 bridgehead atoms. The van der Waals surface area contributed by atoms with Gasteiger partial charge in [0.05, 0.1) is 4.47 Å². The fourth-order valence-corrected chi connectivity index (χ4v) is 2.03. The number of aliphatic hydroxyl groups excluding tert-OH is 1. The molecule has 0 heterocycles. The van der Waals surface area contributed by atoms with E-state index in [0.717, 1.165) is 10.0 Å². The second kappa shape index (κ2) is 5.29. The smallest absolute Gasteiger partial charge is 0.137 e. The largest absolute Gasteiger partial charge is 0.384 e. The highest BCUT2D eigenvalue weighted by Crippen LogP contribution is 2.26. The van der Waals surface area contributed by atoms with Crippen LogP contribution in [0.1, 0.15) is 17.2 Å². The highest BCUT2D eigenvalue weighted by molar-refractivity contribution is 9.10. The van der Waals surface area contributed by atoms with E-state index < -0.39 is 6.10 Å². The molecule has 0 radical (unpaired) electrons. The van der Waals surface area contributed by atoms with Gasteiger partial charge in [0, 0.05) is 4.47 Å². The molecule has 1 N–H and O–H groups in total. The molecule has 0 aliphatic carbocycles. The molecule has 2 aromatic carbocycles. The van der Waals surface area contributed by atoms with Crippen molar-refractivity contribution in [2.75, 3.05) is 0 Å². The molecule has 0 aliphatic rings. The Morgan fingerprint density at radius 3 is 2.12 bits per heavy atom. The number of hydrogen-bond acceptors (Lipinski definition) is 1. The topological polar surface area (TPSA) is 20.2 Å². The van der Waals surface area contributed by atoms with E-state index in [1.807, 2.05) is 12.1 Å². The molecule has 17 heavy (non-hydrogen) atoms. The quantitative estimate of drug-likeness (QED) is 0.840. The van der Waals surface area contributed by atoms with E-state index in [0.29, 0.717) is 10.0 Å². The van der Waals surface area contributed by atoms with Crippen LogP contribution in [0.2, 0.25) is 0 Å². The molecular weight excluding hydrogens is 351 g/mol. The molecule has 2 rings (SSSR count). The molecule has 0 aliphatic heterocycles. The lowest BCUT2D eigenvalue weighted by atomic mass is 10.0. The summed E-state index contributed by atoms with van der Waals surface area (Å²) in [4.78, 5) is 0. The van der Waals surface area contributed by atoms with Crippen LogP contribution in [0.4, 0.5) is 4.39 Å². The Morgan fingerprint density at radius 1 is 0.941 bits per heavy atom. The molecule has 1 unspecified atom stereocenters. The lowest BCUT2D eigenvalue weighted by Gasteiger charge is -2.12. The Hall–Kier alpha value is -0.710.